The zero-order valence-electron chi connectivity index (χ0n) is 14.7. The molecule has 3 aromatic carbocycles. The summed E-state index contributed by atoms with van der Waals surface area (Å²) < 4.78 is 31.9. The molecular weight excluding hydrogens is 366 g/mol. The molecule has 0 saturated carbocycles. The monoisotopic (exact) mass is 384 g/mol. The zero-order valence-corrected chi connectivity index (χ0v) is 14.7. The molecule has 0 bridgehead atoms. The minimum atomic E-state index is -1.17. The van der Waals surface area contributed by atoms with Gasteiger partial charge in [0.15, 0.2) is 11.6 Å². The Bertz CT molecular complexity index is 951. The van der Waals surface area contributed by atoms with Crippen LogP contribution in [0.4, 0.5) is 19.3 Å². The van der Waals surface area contributed by atoms with Crippen LogP contribution in [-0.4, -0.2) is 17.7 Å². The Morgan fingerprint density at radius 1 is 0.929 bits per heavy atom. The fraction of sp³-hybridized carbons (Fsp3) is 0.0952. The minimum absolute atomic E-state index is 0.164. The summed E-state index contributed by atoms with van der Waals surface area (Å²) in [7, 11) is 0. The number of halogens is 2. The molecule has 144 valence electrons. The number of carbonyl (C=O) groups excluding carboxylic acids is 1. The number of anilines is 1. The van der Waals surface area contributed by atoms with Crippen molar-refractivity contribution in [1.29, 1.82) is 0 Å². The molecule has 0 aliphatic carbocycles. The van der Waals surface area contributed by atoms with Crippen molar-refractivity contribution < 1.29 is 23.4 Å². The Morgan fingerprint density at radius 2 is 1.68 bits per heavy atom. The van der Waals surface area contributed by atoms with Crippen LogP contribution in [0.25, 0.3) is 0 Å². The number of carbonyl (C=O) groups is 1. The van der Waals surface area contributed by atoms with E-state index in [2.05, 4.69) is 10.6 Å². The van der Waals surface area contributed by atoms with Gasteiger partial charge in [0.2, 0.25) is 0 Å². The molecule has 3 aromatic rings. The second-order valence-electron chi connectivity index (χ2n) is 5.97. The van der Waals surface area contributed by atoms with Crippen molar-refractivity contribution in [3.05, 3.63) is 90.0 Å². The maximum atomic E-state index is 13.2. The van der Waals surface area contributed by atoms with Crippen LogP contribution in [0.2, 0.25) is 0 Å². The molecule has 0 saturated heterocycles. The van der Waals surface area contributed by atoms with Crippen molar-refractivity contribution >= 4 is 11.7 Å². The fourth-order valence-electron chi connectivity index (χ4n) is 2.46. The Morgan fingerprint density at radius 3 is 2.43 bits per heavy atom. The second kappa shape index (κ2) is 8.96. The van der Waals surface area contributed by atoms with E-state index in [0.717, 1.165) is 12.1 Å². The molecule has 0 aliphatic rings. The number of benzene rings is 3. The average Bonchev–Trinajstić information content (AvgIpc) is 2.69. The lowest BCUT2D eigenvalue weighted by molar-refractivity contribution is 0.174. The lowest BCUT2D eigenvalue weighted by Crippen LogP contribution is -2.32. The number of amides is 2. The van der Waals surface area contributed by atoms with Crippen LogP contribution < -0.4 is 15.4 Å². The molecule has 28 heavy (non-hydrogen) atoms. The second-order valence-corrected chi connectivity index (χ2v) is 5.97. The van der Waals surface area contributed by atoms with Crippen LogP contribution in [0.3, 0.4) is 0 Å². The molecular formula is C21H18F2N2O3. The number of urea groups is 1. The first kappa shape index (κ1) is 19.3. The summed E-state index contributed by atoms with van der Waals surface area (Å²) >= 11 is 0. The van der Waals surface area contributed by atoms with Gasteiger partial charge in [0.1, 0.15) is 11.5 Å². The van der Waals surface area contributed by atoms with Gasteiger partial charge >= 0.3 is 6.03 Å². The van der Waals surface area contributed by atoms with E-state index in [4.69, 9.17) is 4.74 Å². The highest BCUT2D eigenvalue weighted by Gasteiger charge is 2.12. The predicted octanol–water partition coefficient (Wildman–Crippen LogP) is 4.61. The third-order valence-electron chi connectivity index (χ3n) is 3.86. The predicted molar refractivity (Wildman–Crippen MR) is 101 cm³/mol. The highest BCUT2D eigenvalue weighted by molar-refractivity contribution is 5.89. The van der Waals surface area contributed by atoms with Gasteiger partial charge in [0.25, 0.3) is 0 Å². The maximum absolute atomic E-state index is 13.2. The van der Waals surface area contributed by atoms with E-state index < -0.39 is 23.8 Å². The summed E-state index contributed by atoms with van der Waals surface area (Å²) in [6.45, 7) is -0.170. The summed E-state index contributed by atoms with van der Waals surface area (Å²) in [5.41, 5.74) is 0.658. The maximum Gasteiger partial charge on any atom is 0.319 e. The molecule has 5 nitrogen and oxygen atoms in total. The van der Waals surface area contributed by atoms with Crippen LogP contribution in [0.1, 0.15) is 11.7 Å². The SMILES string of the molecule is O=C(NCC(O)c1ccc(F)c(F)c1)Nc1cccc(Oc2ccccc2)c1. The number of hydrogen-bond acceptors (Lipinski definition) is 3. The third kappa shape index (κ3) is 5.28. The molecule has 0 fully saturated rings. The Hall–Kier alpha value is -3.45. The number of rotatable bonds is 6. The van der Waals surface area contributed by atoms with E-state index in [1.165, 1.54) is 6.07 Å². The highest BCUT2D eigenvalue weighted by Crippen LogP contribution is 2.23. The topological polar surface area (TPSA) is 70.6 Å². The molecule has 0 spiro atoms. The van der Waals surface area contributed by atoms with E-state index in [1.54, 1.807) is 24.3 Å². The summed E-state index contributed by atoms with van der Waals surface area (Å²) in [4.78, 5) is 12.0. The molecule has 1 unspecified atom stereocenters. The van der Waals surface area contributed by atoms with Gasteiger partial charge in [-0.05, 0) is 42.0 Å². The number of aliphatic hydroxyl groups is 1. The summed E-state index contributed by atoms with van der Waals surface area (Å²) in [6.07, 6.45) is -1.17. The molecule has 3 rings (SSSR count). The molecule has 7 heteroatoms. The van der Waals surface area contributed by atoms with E-state index in [1.807, 2.05) is 30.3 Å². The van der Waals surface area contributed by atoms with Crippen molar-refractivity contribution in [3.8, 4) is 11.5 Å². The number of para-hydroxylation sites is 1. The minimum Gasteiger partial charge on any atom is -0.457 e. The van der Waals surface area contributed by atoms with Gasteiger partial charge in [-0.15, -0.1) is 0 Å². The quantitative estimate of drug-likeness (QED) is 0.581. The Balaban J connectivity index is 1.54. The Kier molecular flexibility index (Phi) is 6.18. The van der Waals surface area contributed by atoms with Gasteiger partial charge in [0.05, 0.1) is 6.10 Å². The third-order valence-corrected chi connectivity index (χ3v) is 3.86. The number of hydrogen-bond donors (Lipinski definition) is 3. The van der Waals surface area contributed by atoms with Crippen molar-refractivity contribution in [2.75, 3.05) is 11.9 Å². The van der Waals surface area contributed by atoms with Crippen molar-refractivity contribution in [2.24, 2.45) is 0 Å². The lowest BCUT2D eigenvalue weighted by atomic mass is 10.1. The zero-order chi connectivity index (χ0) is 19.9. The van der Waals surface area contributed by atoms with Gasteiger partial charge in [-0.25, -0.2) is 13.6 Å². The number of ether oxygens (including phenoxy) is 1. The molecule has 0 aromatic heterocycles. The van der Waals surface area contributed by atoms with Crippen LogP contribution in [0.15, 0.2) is 72.8 Å². The Labute approximate surface area is 160 Å². The summed E-state index contributed by atoms with van der Waals surface area (Å²) in [5.74, 6) is -0.847. The van der Waals surface area contributed by atoms with E-state index in [0.29, 0.717) is 17.2 Å². The molecule has 1 atom stereocenters. The van der Waals surface area contributed by atoms with Gasteiger partial charge in [-0.2, -0.15) is 0 Å². The van der Waals surface area contributed by atoms with Gasteiger partial charge in [-0.3, -0.25) is 0 Å². The van der Waals surface area contributed by atoms with Crippen LogP contribution >= 0.6 is 0 Å². The molecule has 0 aliphatic heterocycles. The first-order valence-corrected chi connectivity index (χ1v) is 8.52. The molecule has 3 N–H and O–H groups in total. The normalized spacial score (nSPS) is 11.5. The highest BCUT2D eigenvalue weighted by atomic mass is 19.2. The van der Waals surface area contributed by atoms with E-state index in [-0.39, 0.29) is 12.1 Å². The number of aliphatic hydroxyl groups excluding tert-OH is 1. The first-order valence-electron chi connectivity index (χ1n) is 8.52. The van der Waals surface area contributed by atoms with Crippen LogP contribution in [-0.2, 0) is 0 Å². The standard InChI is InChI=1S/C21H18F2N2O3/c22-18-10-9-14(11-19(18)23)20(26)13-24-21(27)25-15-5-4-8-17(12-15)28-16-6-2-1-3-7-16/h1-12,20,26H,13H2,(H2,24,25,27). The summed E-state index contributed by atoms with van der Waals surface area (Å²) in [6, 6.07) is 18.5. The van der Waals surface area contributed by atoms with Crippen molar-refractivity contribution in [2.45, 2.75) is 6.10 Å². The fourth-order valence-corrected chi connectivity index (χ4v) is 2.46. The largest absolute Gasteiger partial charge is 0.457 e. The average molecular weight is 384 g/mol. The van der Waals surface area contributed by atoms with Crippen LogP contribution in [0, 0.1) is 11.6 Å². The molecule has 0 heterocycles. The van der Waals surface area contributed by atoms with Crippen molar-refractivity contribution in [1.82, 2.24) is 5.32 Å². The van der Waals surface area contributed by atoms with Crippen LogP contribution in [0.5, 0.6) is 11.5 Å². The van der Waals surface area contributed by atoms with Gasteiger partial charge in [-0.1, -0.05) is 30.3 Å². The van der Waals surface area contributed by atoms with Gasteiger partial charge < -0.3 is 20.5 Å². The van der Waals surface area contributed by atoms with E-state index >= 15 is 0 Å². The molecule has 0 radical (unpaired) electrons. The lowest BCUT2D eigenvalue weighted by Gasteiger charge is -2.14. The van der Waals surface area contributed by atoms with E-state index in [9.17, 15) is 18.7 Å². The van der Waals surface area contributed by atoms with Crippen molar-refractivity contribution in [3.63, 3.8) is 0 Å². The van der Waals surface area contributed by atoms with Gasteiger partial charge in [0, 0.05) is 18.3 Å². The first-order chi connectivity index (χ1) is 13.5. The molecule has 2 amide bonds. The summed E-state index contributed by atoms with van der Waals surface area (Å²) in [5, 5.41) is 15.1. The number of nitrogens with one attached hydrogen (secondary N) is 2. The smallest absolute Gasteiger partial charge is 0.319 e.